The molecule has 21 heavy (non-hydrogen) atoms. The van der Waals surface area contributed by atoms with Crippen LogP contribution in [0.15, 0.2) is 34.8 Å². The first kappa shape index (κ1) is 16.1. The lowest BCUT2D eigenvalue weighted by Crippen LogP contribution is -2.01. The van der Waals surface area contributed by atoms with Gasteiger partial charge in [0.1, 0.15) is 0 Å². The van der Waals surface area contributed by atoms with Crippen molar-refractivity contribution in [1.29, 1.82) is 0 Å². The smallest absolute Gasteiger partial charge is 0.270 e. The summed E-state index contributed by atoms with van der Waals surface area (Å²) in [4.78, 5) is 10.3. The molecule has 0 spiro atoms. The number of anilines is 1. The average Bonchev–Trinajstić information content (AvgIpc) is 2.42. The molecule has 2 rings (SSSR count). The topological polar surface area (TPSA) is 55.2 Å². The van der Waals surface area contributed by atoms with E-state index in [2.05, 4.69) is 21.2 Å². The van der Waals surface area contributed by atoms with Crippen molar-refractivity contribution in [3.63, 3.8) is 0 Å². The van der Waals surface area contributed by atoms with Crippen molar-refractivity contribution >= 4 is 50.5 Å². The summed E-state index contributed by atoms with van der Waals surface area (Å²) in [7, 11) is 0. The first-order chi connectivity index (χ1) is 9.88. The fraction of sp³-hybridized carbons (Fsp3) is 0.143. The van der Waals surface area contributed by atoms with Crippen LogP contribution in [0.1, 0.15) is 11.1 Å². The fourth-order valence-corrected chi connectivity index (χ4v) is 2.72. The summed E-state index contributed by atoms with van der Waals surface area (Å²) in [5.74, 6) is 0. The molecular weight excluding hydrogens is 379 g/mol. The second-order valence-corrected chi connectivity index (χ2v) is 6.14. The van der Waals surface area contributed by atoms with Gasteiger partial charge in [-0.05, 0) is 36.2 Å². The molecule has 0 unspecified atom stereocenters. The molecule has 0 aliphatic carbocycles. The van der Waals surface area contributed by atoms with Crippen molar-refractivity contribution in [1.82, 2.24) is 0 Å². The van der Waals surface area contributed by atoms with Crippen LogP contribution >= 0.6 is 39.1 Å². The molecule has 0 saturated heterocycles. The van der Waals surface area contributed by atoms with Crippen molar-refractivity contribution in [2.24, 2.45) is 0 Å². The van der Waals surface area contributed by atoms with Crippen molar-refractivity contribution in [2.45, 2.75) is 13.5 Å². The predicted molar refractivity (Wildman–Crippen MR) is 89.3 cm³/mol. The molecule has 0 aliphatic rings. The summed E-state index contributed by atoms with van der Waals surface area (Å²) < 4.78 is 0.665. The highest BCUT2D eigenvalue weighted by Crippen LogP contribution is 2.30. The van der Waals surface area contributed by atoms with Gasteiger partial charge in [-0.1, -0.05) is 39.1 Å². The third kappa shape index (κ3) is 3.87. The number of nitrogens with zero attached hydrogens (tertiary/aromatic N) is 1. The van der Waals surface area contributed by atoms with Crippen LogP contribution in [0, 0.1) is 17.0 Å². The number of hydrogen-bond donors (Lipinski definition) is 1. The largest absolute Gasteiger partial charge is 0.380 e. The molecule has 2 aromatic rings. The second-order valence-electron chi connectivity index (χ2n) is 4.47. The quantitative estimate of drug-likeness (QED) is 0.548. The average molecular weight is 390 g/mol. The van der Waals surface area contributed by atoms with E-state index in [9.17, 15) is 10.1 Å². The molecule has 0 bridgehead atoms. The Balaban J connectivity index is 2.17. The summed E-state index contributed by atoms with van der Waals surface area (Å²) in [6, 6.07) is 8.18. The molecule has 0 radical (unpaired) electrons. The second kappa shape index (κ2) is 6.64. The molecule has 4 nitrogen and oxygen atoms in total. The number of nitro benzene ring substituents is 1. The predicted octanol–water partition coefficient (Wildman–Crippen LogP) is 5.58. The van der Waals surface area contributed by atoms with Gasteiger partial charge in [0, 0.05) is 28.2 Å². The summed E-state index contributed by atoms with van der Waals surface area (Å²) in [5, 5.41) is 15.1. The van der Waals surface area contributed by atoms with Crippen LogP contribution in [0.5, 0.6) is 0 Å². The maximum Gasteiger partial charge on any atom is 0.270 e. The van der Waals surface area contributed by atoms with Crippen LogP contribution in [-0.4, -0.2) is 4.92 Å². The lowest BCUT2D eigenvalue weighted by molar-refractivity contribution is -0.384. The Kier molecular flexibility index (Phi) is 5.08. The zero-order valence-electron chi connectivity index (χ0n) is 11.0. The Hall–Kier alpha value is -1.30. The van der Waals surface area contributed by atoms with Crippen molar-refractivity contribution in [3.8, 4) is 0 Å². The molecule has 0 amide bonds. The summed E-state index contributed by atoms with van der Waals surface area (Å²) in [6.45, 7) is 2.35. The minimum absolute atomic E-state index is 0.0436. The van der Waals surface area contributed by atoms with Gasteiger partial charge >= 0.3 is 0 Å². The first-order valence-corrected chi connectivity index (χ1v) is 7.55. The lowest BCUT2D eigenvalue weighted by Gasteiger charge is -2.11. The van der Waals surface area contributed by atoms with Gasteiger partial charge in [0.05, 0.1) is 15.6 Å². The Morgan fingerprint density at radius 1 is 1.24 bits per heavy atom. The van der Waals surface area contributed by atoms with Crippen LogP contribution in [0.25, 0.3) is 0 Å². The van der Waals surface area contributed by atoms with E-state index in [0.717, 1.165) is 16.8 Å². The number of nitro groups is 1. The van der Waals surface area contributed by atoms with Crippen LogP contribution in [0.4, 0.5) is 11.4 Å². The standard InChI is InChI=1S/C14H11BrCl2N2O2/c1-8-4-13(17)14(6-12(8)16)18-7-9-2-3-10(19(20)21)5-11(9)15/h2-6,18H,7H2,1H3. The normalized spacial score (nSPS) is 10.5. The Labute approximate surface area is 140 Å². The SMILES string of the molecule is Cc1cc(Cl)c(NCc2ccc([N+](=O)[O-])cc2Br)cc1Cl. The van der Waals surface area contributed by atoms with Gasteiger partial charge in [-0.25, -0.2) is 0 Å². The molecule has 0 saturated carbocycles. The molecule has 7 heteroatoms. The molecule has 1 N–H and O–H groups in total. The zero-order valence-corrected chi connectivity index (χ0v) is 14.1. The molecular formula is C14H11BrCl2N2O2. The number of halogens is 3. The Morgan fingerprint density at radius 2 is 1.95 bits per heavy atom. The van der Waals surface area contributed by atoms with Crippen LogP contribution in [0.2, 0.25) is 10.0 Å². The minimum Gasteiger partial charge on any atom is -0.380 e. The summed E-state index contributed by atoms with van der Waals surface area (Å²) in [6.07, 6.45) is 0. The summed E-state index contributed by atoms with van der Waals surface area (Å²) in [5.41, 5.74) is 2.55. The molecule has 0 atom stereocenters. The van der Waals surface area contributed by atoms with Crippen molar-refractivity contribution in [2.75, 3.05) is 5.32 Å². The third-order valence-electron chi connectivity index (χ3n) is 2.97. The number of rotatable bonds is 4. The molecule has 0 aliphatic heterocycles. The molecule has 0 heterocycles. The van der Waals surface area contributed by atoms with Gasteiger partial charge in [0.25, 0.3) is 5.69 Å². The van der Waals surface area contributed by atoms with E-state index in [4.69, 9.17) is 23.2 Å². The van der Waals surface area contributed by atoms with E-state index in [0.29, 0.717) is 21.1 Å². The van der Waals surface area contributed by atoms with Crippen LogP contribution in [-0.2, 0) is 6.54 Å². The monoisotopic (exact) mass is 388 g/mol. The first-order valence-electron chi connectivity index (χ1n) is 6.01. The van der Waals surface area contributed by atoms with Gasteiger partial charge < -0.3 is 5.32 Å². The maximum atomic E-state index is 10.7. The van der Waals surface area contributed by atoms with E-state index >= 15 is 0 Å². The third-order valence-corrected chi connectivity index (χ3v) is 4.42. The zero-order chi connectivity index (χ0) is 15.6. The highest BCUT2D eigenvalue weighted by molar-refractivity contribution is 9.10. The lowest BCUT2D eigenvalue weighted by atomic mass is 10.2. The van der Waals surface area contributed by atoms with E-state index in [1.54, 1.807) is 18.2 Å². The number of non-ortho nitro benzene ring substituents is 1. The fourth-order valence-electron chi connectivity index (χ4n) is 1.77. The van der Waals surface area contributed by atoms with Gasteiger partial charge in [0.15, 0.2) is 0 Å². The maximum absolute atomic E-state index is 10.7. The number of aryl methyl sites for hydroxylation is 1. The van der Waals surface area contributed by atoms with E-state index in [-0.39, 0.29) is 5.69 Å². The molecule has 0 aromatic heterocycles. The summed E-state index contributed by atoms with van der Waals surface area (Å²) >= 11 is 15.6. The number of benzene rings is 2. The molecule has 2 aromatic carbocycles. The number of hydrogen-bond acceptors (Lipinski definition) is 3. The van der Waals surface area contributed by atoms with E-state index in [1.165, 1.54) is 12.1 Å². The Morgan fingerprint density at radius 3 is 2.57 bits per heavy atom. The molecule has 110 valence electrons. The molecule has 0 fully saturated rings. The van der Waals surface area contributed by atoms with Crippen LogP contribution < -0.4 is 5.32 Å². The van der Waals surface area contributed by atoms with Gasteiger partial charge in [-0.2, -0.15) is 0 Å². The van der Waals surface area contributed by atoms with Crippen LogP contribution in [0.3, 0.4) is 0 Å². The van der Waals surface area contributed by atoms with E-state index < -0.39 is 4.92 Å². The minimum atomic E-state index is -0.432. The van der Waals surface area contributed by atoms with Crippen molar-refractivity contribution in [3.05, 3.63) is 66.1 Å². The van der Waals surface area contributed by atoms with E-state index in [1.807, 2.05) is 6.92 Å². The van der Waals surface area contributed by atoms with Gasteiger partial charge in [-0.3, -0.25) is 10.1 Å². The van der Waals surface area contributed by atoms with Crippen molar-refractivity contribution < 1.29 is 4.92 Å². The highest BCUT2D eigenvalue weighted by atomic mass is 79.9. The highest BCUT2D eigenvalue weighted by Gasteiger charge is 2.10. The van der Waals surface area contributed by atoms with Gasteiger partial charge in [0.2, 0.25) is 0 Å². The number of nitrogens with one attached hydrogen (secondary N) is 1. The Bertz CT molecular complexity index is 708. The van der Waals surface area contributed by atoms with Gasteiger partial charge in [-0.15, -0.1) is 0 Å².